The molecular weight excluding hydrogens is 427 g/mol. The van der Waals surface area contributed by atoms with Crippen LogP contribution in [0.4, 0.5) is 13.2 Å². The van der Waals surface area contributed by atoms with Crippen molar-refractivity contribution in [2.24, 2.45) is 0 Å². The van der Waals surface area contributed by atoms with Gasteiger partial charge in [-0.1, -0.05) is 6.07 Å². The smallest absolute Gasteiger partial charge is 0.295 e. The molecule has 1 fully saturated rings. The second-order valence-electron chi connectivity index (χ2n) is 7.71. The zero-order valence-corrected chi connectivity index (χ0v) is 16.7. The van der Waals surface area contributed by atoms with Gasteiger partial charge < -0.3 is 0 Å². The fraction of sp³-hybridized carbons (Fsp3) is 0.273. The fourth-order valence-electron chi connectivity index (χ4n) is 3.87. The average Bonchev–Trinajstić information content (AvgIpc) is 3.16. The van der Waals surface area contributed by atoms with Gasteiger partial charge >= 0.3 is 6.18 Å². The molecule has 0 aromatic heterocycles. The van der Waals surface area contributed by atoms with Crippen LogP contribution in [0.2, 0.25) is 0 Å². The Balaban J connectivity index is 1.42. The van der Waals surface area contributed by atoms with Crippen LogP contribution in [0.3, 0.4) is 0 Å². The Morgan fingerprint density at radius 2 is 1.56 bits per heavy atom. The monoisotopic (exact) mass is 445 g/mol. The Labute approximate surface area is 180 Å². The minimum absolute atomic E-state index is 0.0726. The molecule has 4 amide bonds. The van der Waals surface area contributed by atoms with Crippen LogP contribution >= 0.6 is 0 Å². The maximum absolute atomic E-state index is 12.7. The van der Waals surface area contributed by atoms with Crippen molar-refractivity contribution in [2.45, 2.75) is 38.1 Å². The number of carbonyl (C=O) groups is 4. The molecule has 2 heterocycles. The van der Waals surface area contributed by atoms with E-state index in [1.807, 2.05) is 4.90 Å². The summed E-state index contributed by atoms with van der Waals surface area (Å²) < 4.78 is 38.0. The van der Waals surface area contributed by atoms with Gasteiger partial charge in [-0.2, -0.15) is 13.2 Å². The number of benzene rings is 2. The van der Waals surface area contributed by atoms with Gasteiger partial charge in [0.15, 0.2) is 0 Å². The van der Waals surface area contributed by atoms with Crippen molar-refractivity contribution in [1.82, 2.24) is 15.5 Å². The second kappa shape index (κ2) is 8.19. The molecule has 0 saturated carbocycles. The molecule has 0 spiro atoms. The van der Waals surface area contributed by atoms with Crippen LogP contribution in [0.25, 0.3) is 0 Å². The quantitative estimate of drug-likeness (QED) is 0.708. The van der Waals surface area contributed by atoms with E-state index in [1.54, 1.807) is 18.2 Å². The predicted molar refractivity (Wildman–Crippen MR) is 105 cm³/mol. The zero-order valence-electron chi connectivity index (χ0n) is 16.7. The third-order valence-electron chi connectivity index (χ3n) is 5.57. The van der Waals surface area contributed by atoms with Crippen molar-refractivity contribution in [3.05, 3.63) is 70.3 Å². The van der Waals surface area contributed by atoms with E-state index in [0.29, 0.717) is 19.5 Å². The lowest BCUT2D eigenvalue weighted by molar-refractivity contribution is -0.138. The van der Waals surface area contributed by atoms with E-state index in [2.05, 4.69) is 10.6 Å². The highest BCUT2D eigenvalue weighted by Crippen LogP contribution is 2.30. The number of hydrogen-bond donors (Lipinski definition) is 2. The van der Waals surface area contributed by atoms with Gasteiger partial charge in [0, 0.05) is 30.6 Å². The Hall–Kier alpha value is -3.53. The molecule has 1 saturated heterocycles. The van der Waals surface area contributed by atoms with Crippen LogP contribution < -0.4 is 10.6 Å². The van der Waals surface area contributed by atoms with Crippen LogP contribution in [-0.2, 0) is 28.9 Å². The third kappa shape index (κ3) is 4.40. The molecule has 4 rings (SSSR count). The van der Waals surface area contributed by atoms with Gasteiger partial charge in [0.25, 0.3) is 11.8 Å². The molecule has 7 nitrogen and oxygen atoms in total. The van der Waals surface area contributed by atoms with E-state index in [-0.39, 0.29) is 29.4 Å². The maximum Gasteiger partial charge on any atom is 0.416 e. The van der Waals surface area contributed by atoms with Gasteiger partial charge in [-0.25, -0.2) is 0 Å². The Kier molecular flexibility index (Phi) is 5.55. The summed E-state index contributed by atoms with van der Waals surface area (Å²) in [4.78, 5) is 50.1. The van der Waals surface area contributed by atoms with Crippen LogP contribution in [0.5, 0.6) is 0 Å². The van der Waals surface area contributed by atoms with Gasteiger partial charge in [-0.05, 0) is 53.9 Å². The molecular formula is C22H18F3N3O4. The number of imide groups is 2. The molecule has 2 aliphatic heterocycles. The van der Waals surface area contributed by atoms with Crippen molar-refractivity contribution >= 4 is 23.6 Å². The molecule has 0 aliphatic carbocycles. The van der Waals surface area contributed by atoms with Crippen molar-refractivity contribution in [3.63, 3.8) is 0 Å². The zero-order chi connectivity index (χ0) is 23.0. The van der Waals surface area contributed by atoms with E-state index < -0.39 is 29.6 Å². The minimum atomic E-state index is -4.52. The lowest BCUT2D eigenvalue weighted by atomic mass is 10.0. The van der Waals surface area contributed by atoms with Gasteiger partial charge in [0.2, 0.25) is 11.8 Å². The number of carbonyl (C=O) groups excluding carboxylic acids is 4. The van der Waals surface area contributed by atoms with Gasteiger partial charge in [-0.15, -0.1) is 0 Å². The lowest BCUT2D eigenvalue weighted by Gasteiger charge is -2.29. The predicted octanol–water partition coefficient (Wildman–Crippen LogP) is 2.40. The molecule has 2 aromatic rings. The standard InChI is InChI=1S/C22H18F3N3O4/c23-22(24,25)16-5-3-12(4-6-16)19(30)27-20(31)13-1-2-14-10-28(11-15(14)9-13)17-7-8-18(29)26-21(17)32/h1-6,9,17H,7-8,10-11H2,(H,26,29,32)(H,27,30,31). The Bertz CT molecular complexity index is 1110. The van der Waals surface area contributed by atoms with Crippen LogP contribution in [0.1, 0.15) is 50.2 Å². The highest BCUT2D eigenvalue weighted by molar-refractivity contribution is 6.10. The van der Waals surface area contributed by atoms with Gasteiger partial charge in [-0.3, -0.25) is 34.7 Å². The first-order chi connectivity index (χ1) is 15.1. The first-order valence-electron chi connectivity index (χ1n) is 9.84. The van der Waals surface area contributed by atoms with E-state index in [4.69, 9.17) is 0 Å². The molecule has 2 aliphatic rings. The number of alkyl halides is 3. The number of amides is 4. The summed E-state index contributed by atoms with van der Waals surface area (Å²) in [5.74, 6) is -2.12. The van der Waals surface area contributed by atoms with Crippen molar-refractivity contribution in [2.75, 3.05) is 0 Å². The normalized spacial score (nSPS) is 18.8. The third-order valence-corrected chi connectivity index (χ3v) is 5.57. The number of nitrogens with one attached hydrogen (secondary N) is 2. The number of halogens is 3. The van der Waals surface area contributed by atoms with E-state index in [0.717, 1.165) is 35.4 Å². The number of nitrogens with zero attached hydrogens (tertiary/aromatic N) is 1. The SMILES string of the molecule is O=C1CCC(N2Cc3ccc(C(=O)NC(=O)c4ccc(C(F)(F)F)cc4)cc3C2)C(=O)N1. The number of rotatable bonds is 3. The summed E-state index contributed by atoms with van der Waals surface area (Å²) in [7, 11) is 0. The maximum atomic E-state index is 12.7. The van der Waals surface area contributed by atoms with Crippen molar-refractivity contribution < 1.29 is 32.3 Å². The van der Waals surface area contributed by atoms with Crippen LogP contribution in [0.15, 0.2) is 42.5 Å². The molecule has 2 N–H and O–H groups in total. The molecule has 0 bridgehead atoms. The summed E-state index contributed by atoms with van der Waals surface area (Å²) in [6.07, 6.45) is -3.83. The summed E-state index contributed by atoms with van der Waals surface area (Å²) in [5, 5.41) is 4.50. The molecule has 0 radical (unpaired) electrons. The highest BCUT2D eigenvalue weighted by atomic mass is 19.4. The topological polar surface area (TPSA) is 95.6 Å². The fourth-order valence-corrected chi connectivity index (χ4v) is 3.87. The molecule has 10 heteroatoms. The minimum Gasteiger partial charge on any atom is -0.295 e. The van der Waals surface area contributed by atoms with Crippen molar-refractivity contribution in [3.8, 4) is 0 Å². The number of piperidine rings is 1. The average molecular weight is 445 g/mol. The highest BCUT2D eigenvalue weighted by Gasteiger charge is 2.35. The lowest BCUT2D eigenvalue weighted by Crippen LogP contribution is -2.50. The Morgan fingerprint density at radius 1 is 0.938 bits per heavy atom. The summed E-state index contributed by atoms with van der Waals surface area (Å²) in [6.45, 7) is 0.906. The first kappa shape index (κ1) is 21.7. The van der Waals surface area contributed by atoms with Crippen molar-refractivity contribution in [1.29, 1.82) is 0 Å². The number of fused-ring (bicyclic) bond motifs is 1. The van der Waals surface area contributed by atoms with E-state index >= 15 is 0 Å². The number of hydrogen-bond acceptors (Lipinski definition) is 5. The largest absolute Gasteiger partial charge is 0.416 e. The second-order valence-corrected chi connectivity index (χ2v) is 7.71. The summed E-state index contributed by atoms with van der Waals surface area (Å²) >= 11 is 0. The van der Waals surface area contributed by atoms with E-state index in [9.17, 15) is 32.3 Å². The summed E-state index contributed by atoms with van der Waals surface area (Å²) in [6, 6.07) is 8.03. The Morgan fingerprint density at radius 3 is 2.22 bits per heavy atom. The molecule has 1 atom stereocenters. The molecule has 2 aromatic carbocycles. The molecule has 1 unspecified atom stereocenters. The molecule has 32 heavy (non-hydrogen) atoms. The van der Waals surface area contributed by atoms with Gasteiger partial charge in [0.1, 0.15) is 0 Å². The van der Waals surface area contributed by atoms with Crippen LogP contribution in [-0.4, -0.2) is 34.6 Å². The summed E-state index contributed by atoms with van der Waals surface area (Å²) in [5.41, 5.74) is 1.01. The van der Waals surface area contributed by atoms with E-state index in [1.165, 1.54) is 0 Å². The van der Waals surface area contributed by atoms with Crippen LogP contribution in [0, 0.1) is 0 Å². The first-order valence-corrected chi connectivity index (χ1v) is 9.84. The molecule has 166 valence electrons. The van der Waals surface area contributed by atoms with Gasteiger partial charge in [0.05, 0.1) is 11.6 Å².